The fraction of sp³-hybridized carbons (Fsp3) is 0.211. The molecule has 3 aromatic rings. The second kappa shape index (κ2) is 6.55. The van der Waals surface area contributed by atoms with E-state index in [-0.39, 0.29) is 23.2 Å². The highest BCUT2D eigenvalue weighted by Crippen LogP contribution is 2.37. The monoisotopic (exact) mass is 383 g/mol. The first kappa shape index (κ1) is 17.3. The molecule has 0 aliphatic carbocycles. The minimum atomic E-state index is -0.446. The van der Waals surface area contributed by atoms with E-state index in [1.807, 2.05) is 6.92 Å². The first-order valence-electron chi connectivity index (χ1n) is 8.44. The van der Waals surface area contributed by atoms with Crippen molar-refractivity contribution in [3.8, 4) is 21.9 Å². The van der Waals surface area contributed by atoms with Crippen LogP contribution in [-0.2, 0) is 4.79 Å². The molecule has 7 nitrogen and oxygen atoms in total. The van der Waals surface area contributed by atoms with Crippen LogP contribution in [-0.4, -0.2) is 31.5 Å². The van der Waals surface area contributed by atoms with Gasteiger partial charge in [-0.25, -0.2) is 4.98 Å². The van der Waals surface area contributed by atoms with Gasteiger partial charge in [0.1, 0.15) is 6.04 Å². The summed E-state index contributed by atoms with van der Waals surface area (Å²) in [6.07, 6.45) is 2.54. The SMILES string of the molecule is Cc1nc(NC(=O)C2CCC(=O)c3cccn32)sc1-c1ccc(O)c(O)c1. The number of aryl methyl sites for hydroxylation is 1. The number of amides is 1. The van der Waals surface area contributed by atoms with E-state index in [2.05, 4.69) is 10.3 Å². The Morgan fingerprint density at radius 1 is 1.30 bits per heavy atom. The van der Waals surface area contributed by atoms with Crippen molar-refractivity contribution in [2.45, 2.75) is 25.8 Å². The lowest BCUT2D eigenvalue weighted by molar-refractivity contribution is -0.119. The highest BCUT2D eigenvalue weighted by atomic mass is 32.1. The van der Waals surface area contributed by atoms with E-state index in [1.165, 1.54) is 23.5 Å². The number of benzene rings is 1. The number of thiazole rings is 1. The summed E-state index contributed by atoms with van der Waals surface area (Å²) in [6, 6.07) is 7.60. The summed E-state index contributed by atoms with van der Waals surface area (Å²) in [6.45, 7) is 1.81. The number of phenols is 2. The van der Waals surface area contributed by atoms with Crippen LogP contribution in [0.15, 0.2) is 36.5 Å². The fourth-order valence-electron chi connectivity index (χ4n) is 3.27. The lowest BCUT2D eigenvalue weighted by Crippen LogP contribution is -2.31. The quantitative estimate of drug-likeness (QED) is 0.601. The van der Waals surface area contributed by atoms with Crippen molar-refractivity contribution in [3.63, 3.8) is 0 Å². The van der Waals surface area contributed by atoms with Gasteiger partial charge in [0, 0.05) is 12.6 Å². The number of rotatable bonds is 3. The number of aromatic nitrogens is 2. The molecule has 3 heterocycles. The number of nitrogens with zero attached hydrogens (tertiary/aromatic N) is 2. The van der Waals surface area contributed by atoms with Gasteiger partial charge in [-0.15, -0.1) is 0 Å². The molecule has 1 amide bonds. The summed E-state index contributed by atoms with van der Waals surface area (Å²) < 4.78 is 1.71. The van der Waals surface area contributed by atoms with Crippen molar-refractivity contribution >= 4 is 28.2 Å². The number of fused-ring (bicyclic) bond motifs is 1. The van der Waals surface area contributed by atoms with E-state index in [0.717, 1.165) is 4.88 Å². The van der Waals surface area contributed by atoms with E-state index in [4.69, 9.17) is 0 Å². The summed E-state index contributed by atoms with van der Waals surface area (Å²) in [5.41, 5.74) is 1.97. The zero-order chi connectivity index (χ0) is 19.1. The summed E-state index contributed by atoms with van der Waals surface area (Å²) >= 11 is 1.29. The molecule has 1 aromatic carbocycles. The third-order valence-electron chi connectivity index (χ3n) is 4.61. The number of hydrogen-bond acceptors (Lipinski definition) is 6. The van der Waals surface area contributed by atoms with Crippen molar-refractivity contribution in [2.24, 2.45) is 0 Å². The van der Waals surface area contributed by atoms with Crippen molar-refractivity contribution in [1.82, 2.24) is 9.55 Å². The first-order chi connectivity index (χ1) is 12.9. The molecule has 0 bridgehead atoms. The second-order valence-corrected chi connectivity index (χ2v) is 7.40. The van der Waals surface area contributed by atoms with Gasteiger partial charge in [0.05, 0.1) is 16.3 Å². The third kappa shape index (κ3) is 3.08. The maximum atomic E-state index is 12.7. The molecule has 0 saturated heterocycles. The average Bonchev–Trinajstić information content (AvgIpc) is 3.25. The van der Waals surface area contributed by atoms with E-state index in [0.29, 0.717) is 34.9 Å². The molecular weight excluding hydrogens is 366 g/mol. The van der Waals surface area contributed by atoms with Crippen LogP contribution in [0.2, 0.25) is 0 Å². The van der Waals surface area contributed by atoms with Gasteiger partial charge >= 0.3 is 0 Å². The summed E-state index contributed by atoms with van der Waals surface area (Å²) in [5, 5.41) is 22.5. The molecule has 2 aromatic heterocycles. The van der Waals surface area contributed by atoms with Gasteiger partial charge in [0.15, 0.2) is 22.4 Å². The fourth-order valence-corrected chi connectivity index (χ4v) is 4.23. The Labute approximate surface area is 158 Å². The number of anilines is 1. The van der Waals surface area contributed by atoms with Crippen LogP contribution in [0.1, 0.15) is 35.1 Å². The van der Waals surface area contributed by atoms with E-state index >= 15 is 0 Å². The number of carbonyl (C=O) groups is 2. The van der Waals surface area contributed by atoms with Crippen LogP contribution in [0, 0.1) is 6.92 Å². The molecule has 0 radical (unpaired) electrons. The van der Waals surface area contributed by atoms with Crippen molar-refractivity contribution in [3.05, 3.63) is 47.9 Å². The molecular formula is C19H17N3O4S. The molecule has 4 rings (SSSR count). The standard InChI is InChI=1S/C19H17N3O4S/c1-10-17(11-4-6-15(24)16(25)9-11)27-19(20-10)21-18(26)13-5-7-14(23)12-3-2-8-22(12)13/h2-4,6,8-9,13,24-25H,5,7H2,1H3,(H,20,21,26). The Balaban J connectivity index is 1.57. The predicted molar refractivity (Wildman–Crippen MR) is 101 cm³/mol. The summed E-state index contributed by atoms with van der Waals surface area (Å²) in [4.78, 5) is 29.9. The molecule has 0 fully saturated rings. The summed E-state index contributed by atoms with van der Waals surface area (Å²) in [5.74, 6) is -0.570. The molecule has 0 spiro atoms. The van der Waals surface area contributed by atoms with E-state index in [1.54, 1.807) is 29.0 Å². The van der Waals surface area contributed by atoms with Gasteiger partial charge in [-0.3, -0.25) is 9.59 Å². The van der Waals surface area contributed by atoms with Crippen LogP contribution in [0.3, 0.4) is 0 Å². The number of hydrogen-bond donors (Lipinski definition) is 3. The highest BCUT2D eigenvalue weighted by Gasteiger charge is 2.30. The van der Waals surface area contributed by atoms with Gasteiger partial charge in [-0.05, 0) is 49.2 Å². The van der Waals surface area contributed by atoms with E-state index < -0.39 is 6.04 Å². The smallest absolute Gasteiger partial charge is 0.249 e. The zero-order valence-corrected chi connectivity index (χ0v) is 15.3. The molecule has 3 N–H and O–H groups in total. The van der Waals surface area contributed by atoms with Gasteiger partial charge in [0.25, 0.3) is 0 Å². The number of ketones is 1. The Hall–Kier alpha value is -3.13. The number of nitrogens with one attached hydrogen (secondary N) is 1. The van der Waals surface area contributed by atoms with Crippen LogP contribution in [0.4, 0.5) is 5.13 Å². The number of Topliss-reactive ketones (excluding diaryl/α,β-unsaturated/α-hetero) is 1. The molecule has 8 heteroatoms. The van der Waals surface area contributed by atoms with Crippen LogP contribution in [0.5, 0.6) is 11.5 Å². The minimum Gasteiger partial charge on any atom is -0.504 e. The first-order valence-corrected chi connectivity index (χ1v) is 9.26. The molecule has 1 aliphatic rings. The molecule has 1 aliphatic heterocycles. The number of phenolic OH excluding ortho intramolecular Hbond substituents is 2. The summed E-state index contributed by atoms with van der Waals surface area (Å²) in [7, 11) is 0. The molecule has 1 atom stereocenters. The van der Waals surface area contributed by atoms with E-state index in [9.17, 15) is 19.8 Å². The van der Waals surface area contributed by atoms with Gasteiger partial charge in [-0.2, -0.15) is 0 Å². The minimum absolute atomic E-state index is 0.0450. The van der Waals surface area contributed by atoms with Crippen LogP contribution in [0.25, 0.3) is 10.4 Å². The van der Waals surface area contributed by atoms with Gasteiger partial charge in [0.2, 0.25) is 5.91 Å². The Morgan fingerprint density at radius 2 is 2.11 bits per heavy atom. The largest absolute Gasteiger partial charge is 0.504 e. The third-order valence-corrected chi connectivity index (χ3v) is 5.73. The van der Waals surface area contributed by atoms with Crippen molar-refractivity contribution in [2.75, 3.05) is 5.32 Å². The zero-order valence-electron chi connectivity index (χ0n) is 14.5. The topological polar surface area (TPSA) is 104 Å². The number of carbonyl (C=O) groups excluding carboxylic acids is 2. The molecule has 0 saturated carbocycles. The number of aromatic hydroxyl groups is 2. The van der Waals surface area contributed by atoms with Crippen LogP contribution >= 0.6 is 11.3 Å². The lowest BCUT2D eigenvalue weighted by Gasteiger charge is -2.24. The Bertz CT molecular complexity index is 1050. The maximum absolute atomic E-state index is 12.7. The predicted octanol–water partition coefficient (Wildman–Crippen LogP) is 3.49. The molecule has 138 valence electrons. The van der Waals surface area contributed by atoms with Gasteiger partial charge in [-0.1, -0.05) is 11.3 Å². The van der Waals surface area contributed by atoms with Crippen molar-refractivity contribution < 1.29 is 19.8 Å². The lowest BCUT2D eigenvalue weighted by atomic mass is 10.0. The maximum Gasteiger partial charge on any atom is 0.249 e. The van der Waals surface area contributed by atoms with Gasteiger partial charge < -0.3 is 20.1 Å². The second-order valence-electron chi connectivity index (χ2n) is 6.40. The normalized spacial score (nSPS) is 16.2. The highest BCUT2D eigenvalue weighted by molar-refractivity contribution is 7.19. The Morgan fingerprint density at radius 3 is 2.89 bits per heavy atom. The average molecular weight is 383 g/mol. The molecule has 27 heavy (non-hydrogen) atoms. The van der Waals surface area contributed by atoms with Crippen molar-refractivity contribution in [1.29, 1.82) is 0 Å². The molecule has 1 unspecified atom stereocenters. The Kier molecular flexibility index (Phi) is 4.19. The van der Waals surface area contributed by atoms with Crippen LogP contribution < -0.4 is 5.32 Å².